The standard InChI is InChI=1S/C10H13NO4/c1-9(15-11(12)13)7-14-8-10-5-3-2-4-6-10/h2-6,9H,7-8H2,1H3/t9-/m1/s1. The molecule has 82 valence electrons. The molecule has 0 aromatic heterocycles. The van der Waals surface area contributed by atoms with E-state index < -0.39 is 11.2 Å². The number of nitrogens with zero attached hydrogens (tertiary/aromatic N) is 1. The monoisotopic (exact) mass is 211 g/mol. The third-order valence-corrected chi connectivity index (χ3v) is 1.73. The van der Waals surface area contributed by atoms with Gasteiger partial charge in [0.05, 0.1) is 13.2 Å². The van der Waals surface area contributed by atoms with Crippen LogP contribution in [0.2, 0.25) is 0 Å². The second-order valence-corrected chi connectivity index (χ2v) is 3.14. The molecule has 0 aliphatic carbocycles. The lowest BCUT2D eigenvalue weighted by atomic mass is 10.2. The minimum atomic E-state index is -0.809. The highest BCUT2D eigenvalue weighted by atomic mass is 17.0. The van der Waals surface area contributed by atoms with Crippen LogP contribution in [-0.4, -0.2) is 17.8 Å². The second-order valence-electron chi connectivity index (χ2n) is 3.14. The van der Waals surface area contributed by atoms with Crippen molar-refractivity contribution in [2.24, 2.45) is 0 Å². The van der Waals surface area contributed by atoms with Crippen molar-refractivity contribution in [1.82, 2.24) is 0 Å². The summed E-state index contributed by atoms with van der Waals surface area (Å²) in [7, 11) is 0. The van der Waals surface area contributed by atoms with Gasteiger partial charge in [0.2, 0.25) is 0 Å². The summed E-state index contributed by atoms with van der Waals surface area (Å²) in [5.41, 5.74) is 1.03. The van der Waals surface area contributed by atoms with Crippen LogP contribution >= 0.6 is 0 Å². The molecule has 0 spiro atoms. The lowest BCUT2D eigenvalue weighted by Crippen LogP contribution is -2.19. The van der Waals surface area contributed by atoms with E-state index in [2.05, 4.69) is 4.84 Å². The molecule has 1 rings (SSSR count). The van der Waals surface area contributed by atoms with Crippen LogP contribution in [-0.2, 0) is 16.2 Å². The average molecular weight is 211 g/mol. The van der Waals surface area contributed by atoms with Crippen molar-refractivity contribution in [3.05, 3.63) is 46.0 Å². The van der Waals surface area contributed by atoms with Gasteiger partial charge in [-0.15, -0.1) is 10.1 Å². The van der Waals surface area contributed by atoms with Gasteiger partial charge in [-0.1, -0.05) is 30.3 Å². The van der Waals surface area contributed by atoms with E-state index in [9.17, 15) is 10.1 Å². The van der Waals surface area contributed by atoms with E-state index in [0.717, 1.165) is 5.56 Å². The van der Waals surface area contributed by atoms with Gasteiger partial charge >= 0.3 is 0 Å². The van der Waals surface area contributed by atoms with Crippen LogP contribution in [0.25, 0.3) is 0 Å². The number of rotatable bonds is 6. The Morgan fingerprint density at radius 1 is 1.40 bits per heavy atom. The lowest BCUT2D eigenvalue weighted by molar-refractivity contribution is -0.768. The van der Waals surface area contributed by atoms with Crippen molar-refractivity contribution >= 4 is 0 Å². The molecular formula is C10H13NO4. The van der Waals surface area contributed by atoms with E-state index in [-0.39, 0.29) is 6.61 Å². The topological polar surface area (TPSA) is 61.6 Å². The summed E-state index contributed by atoms with van der Waals surface area (Å²) in [4.78, 5) is 14.3. The maximum absolute atomic E-state index is 9.97. The molecule has 0 radical (unpaired) electrons. The molecule has 15 heavy (non-hydrogen) atoms. The summed E-state index contributed by atoms with van der Waals surface area (Å²) in [6.07, 6.45) is -0.538. The fourth-order valence-electron chi connectivity index (χ4n) is 1.09. The fourth-order valence-corrected chi connectivity index (χ4v) is 1.09. The molecule has 5 heteroatoms. The first kappa shape index (κ1) is 11.5. The van der Waals surface area contributed by atoms with Crippen LogP contribution in [0.3, 0.4) is 0 Å². The smallest absolute Gasteiger partial charge is 0.294 e. The summed E-state index contributed by atoms with van der Waals surface area (Å²) in [6.45, 7) is 2.23. The maximum atomic E-state index is 9.97. The Balaban J connectivity index is 2.19. The average Bonchev–Trinajstić information content (AvgIpc) is 2.18. The quantitative estimate of drug-likeness (QED) is 0.531. The molecule has 0 amide bonds. The number of hydrogen-bond acceptors (Lipinski definition) is 4. The summed E-state index contributed by atoms with van der Waals surface area (Å²) in [5, 5.41) is 9.16. The third-order valence-electron chi connectivity index (χ3n) is 1.73. The van der Waals surface area contributed by atoms with Crippen LogP contribution in [0.1, 0.15) is 12.5 Å². The Morgan fingerprint density at radius 3 is 2.67 bits per heavy atom. The molecular weight excluding hydrogens is 198 g/mol. The van der Waals surface area contributed by atoms with Crippen molar-refractivity contribution in [2.45, 2.75) is 19.6 Å². The van der Waals surface area contributed by atoms with Crippen molar-refractivity contribution < 1.29 is 14.7 Å². The molecule has 0 fully saturated rings. The molecule has 0 aliphatic rings. The fraction of sp³-hybridized carbons (Fsp3) is 0.400. The van der Waals surface area contributed by atoms with E-state index in [4.69, 9.17) is 4.74 Å². The van der Waals surface area contributed by atoms with Gasteiger partial charge in [0.15, 0.2) is 0 Å². The zero-order chi connectivity index (χ0) is 11.1. The minimum Gasteiger partial charge on any atom is -0.374 e. The summed E-state index contributed by atoms with van der Waals surface area (Å²) < 4.78 is 5.25. The van der Waals surface area contributed by atoms with Gasteiger partial charge in [-0.05, 0) is 12.5 Å². The molecule has 0 N–H and O–H groups in total. The third kappa shape index (κ3) is 4.97. The Morgan fingerprint density at radius 2 is 2.07 bits per heavy atom. The van der Waals surface area contributed by atoms with Crippen LogP contribution < -0.4 is 0 Å². The second kappa shape index (κ2) is 5.98. The first-order chi connectivity index (χ1) is 7.18. The Labute approximate surface area is 87.7 Å². The number of hydrogen-bond donors (Lipinski definition) is 0. The normalized spacial score (nSPS) is 12.1. The summed E-state index contributed by atoms with van der Waals surface area (Å²) in [5.74, 6) is 0. The number of ether oxygens (including phenoxy) is 1. The van der Waals surface area contributed by atoms with Gasteiger partial charge in [-0.25, -0.2) is 0 Å². The zero-order valence-corrected chi connectivity index (χ0v) is 8.46. The molecule has 1 aromatic carbocycles. The van der Waals surface area contributed by atoms with E-state index in [1.165, 1.54) is 0 Å². The van der Waals surface area contributed by atoms with Crippen LogP contribution in [0.15, 0.2) is 30.3 Å². The van der Waals surface area contributed by atoms with Gasteiger partial charge in [-0.2, -0.15) is 0 Å². The molecule has 0 heterocycles. The predicted molar refractivity (Wildman–Crippen MR) is 53.6 cm³/mol. The number of benzene rings is 1. The molecule has 0 saturated heterocycles. The highest BCUT2D eigenvalue weighted by Crippen LogP contribution is 2.01. The maximum Gasteiger partial charge on any atom is 0.294 e. The molecule has 1 aromatic rings. The van der Waals surface area contributed by atoms with Crippen LogP contribution in [0, 0.1) is 10.1 Å². The van der Waals surface area contributed by atoms with Gasteiger partial charge < -0.3 is 9.57 Å². The molecule has 0 saturated carbocycles. The van der Waals surface area contributed by atoms with Crippen LogP contribution in [0.4, 0.5) is 0 Å². The molecule has 1 atom stereocenters. The minimum absolute atomic E-state index is 0.204. The first-order valence-electron chi connectivity index (χ1n) is 4.61. The van der Waals surface area contributed by atoms with Gasteiger partial charge in [-0.3, -0.25) is 0 Å². The zero-order valence-electron chi connectivity index (χ0n) is 8.46. The highest BCUT2D eigenvalue weighted by Gasteiger charge is 2.06. The van der Waals surface area contributed by atoms with Crippen molar-refractivity contribution in [3.8, 4) is 0 Å². The Bertz CT molecular complexity index is 302. The Kier molecular flexibility index (Phi) is 4.56. The van der Waals surface area contributed by atoms with E-state index in [0.29, 0.717) is 6.61 Å². The molecule has 5 nitrogen and oxygen atoms in total. The Hall–Kier alpha value is -1.62. The van der Waals surface area contributed by atoms with Gasteiger partial charge in [0.1, 0.15) is 6.10 Å². The highest BCUT2D eigenvalue weighted by molar-refractivity contribution is 5.13. The van der Waals surface area contributed by atoms with Crippen LogP contribution in [0.5, 0.6) is 0 Å². The summed E-state index contributed by atoms with van der Waals surface area (Å²) >= 11 is 0. The van der Waals surface area contributed by atoms with Crippen molar-refractivity contribution in [1.29, 1.82) is 0 Å². The summed E-state index contributed by atoms with van der Waals surface area (Å²) in [6, 6.07) is 9.60. The predicted octanol–water partition coefficient (Wildman–Crippen LogP) is 1.80. The van der Waals surface area contributed by atoms with E-state index in [1.54, 1.807) is 6.92 Å². The largest absolute Gasteiger partial charge is 0.374 e. The van der Waals surface area contributed by atoms with Crippen molar-refractivity contribution in [3.63, 3.8) is 0 Å². The molecule has 0 bridgehead atoms. The molecule has 0 unspecified atom stereocenters. The first-order valence-corrected chi connectivity index (χ1v) is 4.61. The molecule has 0 aliphatic heterocycles. The lowest BCUT2D eigenvalue weighted by Gasteiger charge is -2.09. The van der Waals surface area contributed by atoms with E-state index in [1.807, 2.05) is 30.3 Å². The SMILES string of the molecule is C[C@H](COCc1ccccc1)O[N+](=O)[O-]. The van der Waals surface area contributed by atoms with E-state index >= 15 is 0 Å². The van der Waals surface area contributed by atoms with Crippen molar-refractivity contribution in [2.75, 3.05) is 6.61 Å². The van der Waals surface area contributed by atoms with Gasteiger partial charge in [0, 0.05) is 0 Å². The van der Waals surface area contributed by atoms with Gasteiger partial charge in [0.25, 0.3) is 5.09 Å².